The SMILES string of the molecule is CC1(C)c2ccccc2N(c2ccc3c(c2)Oc2ccccc2B3c2ccccc2N(c2ccccc2)c2ccccn2)c2ccccc21. The molecule has 234 valence electrons. The average Bonchev–Trinajstić information content (AvgIpc) is 3.15. The van der Waals surface area contributed by atoms with Crippen LogP contribution in [0.25, 0.3) is 0 Å². The number of anilines is 6. The topological polar surface area (TPSA) is 28.6 Å². The van der Waals surface area contributed by atoms with Crippen LogP contribution in [-0.4, -0.2) is 11.7 Å². The fourth-order valence-electron chi connectivity index (χ4n) is 7.76. The normalized spacial score (nSPS) is 13.8. The molecule has 0 saturated heterocycles. The molecule has 9 rings (SSSR count). The van der Waals surface area contributed by atoms with Crippen molar-refractivity contribution in [3.63, 3.8) is 0 Å². The van der Waals surface area contributed by atoms with E-state index in [2.05, 4.69) is 175 Å². The van der Waals surface area contributed by atoms with E-state index in [0.29, 0.717) is 0 Å². The molecule has 2 aliphatic rings. The first-order chi connectivity index (χ1) is 24.1. The van der Waals surface area contributed by atoms with Crippen LogP contribution in [0.1, 0.15) is 25.0 Å². The Bertz CT molecular complexity index is 2230. The smallest absolute Gasteiger partial charge is 0.253 e. The first kappa shape index (κ1) is 29.1. The van der Waals surface area contributed by atoms with Crippen LogP contribution >= 0.6 is 0 Å². The Morgan fingerprint density at radius 1 is 0.571 bits per heavy atom. The Kier molecular flexibility index (Phi) is 6.87. The van der Waals surface area contributed by atoms with Gasteiger partial charge in [0.2, 0.25) is 0 Å². The molecule has 7 aromatic rings. The van der Waals surface area contributed by atoms with Crippen LogP contribution in [0.5, 0.6) is 11.5 Å². The van der Waals surface area contributed by atoms with E-state index in [1.165, 1.54) is 28.0 Å². The fraction of sp³-hybridized carbons (Fsp3) is 0.0682. The number of hydrogen-bond acceptors (Lipinski definition) is 4. The summed E-state index contributed by atoms with van der Waals surface area (Å²) in [5.41, 5.74) is 11.5. The number of para-hydroxylation sites is 5. The summed E-state index contributed by atoms with van der Waals surface area (Å²) >= 11 is 0. The standard InChI is InChI=1S/C44H34BN3O/c1-44(2)33-18-6-10-22-38(33)47(39-23-11-7-19-34(39)44)32-27-28-37-42(30-32)49-41-25-13-9-21-36(41)45(37)35-20-8-12-24-40(35)48(31-16-4-3-5-17-31)43-26-14-15-29-46-43/h3-30H,1-2H3. The van der Waals surface area contributed by atoms with Gasteiger partial charge in [-0.05, 0) is 82.1 Å². The second kappa shape index (κ2) is 11.6. The molecule has 3 heterocycles. The van der Waals surface area contributed by atoms with Gasteiger partial charge in [0, 0.05) is 34.7 Å². The third-order valence-electron chi connectivity index (χ3n) is 10.0. The summed E-state index contributed by atoms with van der Waals surface area (Å²) in [5.74, 6) is 2.60. The number of fused-ring (bicyclic) bond motifs is 4. The van der Waals surface area contributed by atoms with E-state index in [0.717, 1.165) is 45.3 Å². The summed E-state index contributed by atoms with van der Waals surface area (Å²) in [6, 6.07) is 58.0. The highest BCUT2D eigenvalue weighted by Gasteiger charge is 2.38. The van der Waals surface area contributed by atoms with Gasteiger partial charge >= 0.3 is 0 Å². The summed E-state index contributed by atoms with van der Waals surface area (Å²) in [4.78, 5) is 9.46. The van der Waals surface area contributed by atoms with Crippen LogP contribution in [0.4, 0.5) is 34.3 Å². The Hall–Kier alpha value is -6.07. The maximum Gasteiger partial charge on any atom is 0.253 e. The molecule has 0 radical (unpaired) electrons. The molecule has 5 heteroatoms. The average molecular weight is 632 g/mol. The van der Waals surface area contributed by atoms with E-state index in [-0.39, 0.29) is 12.1 Å². The van der Waals surface area contributed by atoms with Crippen LogP contribution < -0.4 is 30.9 Å². The van der Waals surface area contributed by atoms with Gasteiger partial charge in [0.05, 0.1) is 11.4 Å². The molecule has 0 fully saturated rings. The maximum atomic E-state index is 6.79. The van der Waals surface area contributed by atoms with Crippen molar-refractivity contribution in [2.24, 2.45) is 0 Å². The number of rotatable bonds is 5. The van der Waals surface area contributed by atoms with Crippen molar-refractivity contribution < 1.29 is 4.74 Å². The minimum atomic E-state index is -0.125. The van der Waals surface area contributed by atoms with E-state index < -0.39 is 0 Å². The molecule has 0 amide bonds. The predicted octanol–water partition coefficient (Wildman–Crippen LogP) is 9.28. The molecule has 4 nitrogen and oxygen atoms in total. The van der Waals surface area contributed by atoms with Crippen molar-refractivity contribution in [3.05, 3.63) is 181 Å². The molecule has 2 aliphatic heterocycles. The summed E-state index contributed by atoms with van der Waals surface area (Å²) in [6.45, 7) is 4.57. The Labute approximate surface area is 288 Å². The van der Waals surface area contributed by atoms with Crippen LogP contribution in [0, 0.1) is 0 Å². The van der Waals surface area contributed by atoms with E-state index in [9.17, 15) is 0 Å². The molecule has 0 atom stereocenters. The Morgan fingerprint density at radius 3 is 1.92 bits per heavy atom. The zero-order chi connectivity index (χ0) is 33.0. The molecule has 0 N–H and O–H groups in total. The second-order valence-electron chi connectivity index (χ2n) is 13.2. The van der Waals surface area contributed by atoms with Crippen LogP contribution in [-0.2, 0) is 5.41 Å². The largest absolute Gasteiger partial charge is 0.458 e. The summed E-state index contributed by atoms with van der Waals surface area (Å²) in [7, 11) is 0. The first-order valence-corrected chi connectivity index (χ1v) is 16.8. The zero-order valence-corrected chi connectivity index (χ0v) is 27.5. The molecule has 6 aromatic carbocycles. The van der Waals surface area contributed by atoms with Crippen LogP contribution in [0.2, 0.25) is 0 Å². The molecule has 0 aliphatic carbocycles. The summed E-state index contributed by atoms with van der Waals surface area (Å²) in [6.07, 6.45) is 1.85. The summed E-state index contributed by atoms with van der Waals surface area (Å²) in [5, 5.41) is 0. The van der Waals surface area contributed by atoms with Crippen molar-refractivity contribution >= 4 is 57.4 Å². The highest BCUT2D eigenvalue weighted by atomic mass is 16.5. The van der Waals surface area contributed by atoms with E-state index in [4.69, 9.17) is 9.72 Å². The third kappa shape index (κ3) is 4.73. The number of hydrogen-bond donors (Lipinski definition) is 0. The number of aromatic nitrogens is 1. The lowest BCUT2D eigenvalue weighted by atomic mass is 9.35. The van der Waals surface area contributed by atoms with Gasteiger partial charge in [-0.2, -0.15) is 0 Å². The van der Waals surface area contributed by atoms with Crippen molar-refractivity contribution in [1.82, 2.24) is 4.98 Å². The third-order valence-corrected chi connectivity index (χ3v) is 10.0. The first-order valence-electron chi connectivity index (χ1n) is 16.8. The lowest BCUT2D eigenvalue weighted by Gasteiger charge is -2.42. The lowest BCUT2D eigenvalue weighted by Crippen LogP contribution is -2.55. The van der Waals surface area contributed by atoms with Crippen LogP contribution in [0.15, 0.2) is 170 Å². The maximum absolute atomic E-state index is 6.79. The van der Waals surface area contributed by atoms with Gasteiger partial charge < -0.3 is 9.64 Å². The van der Waals surface area contributed by atoms with E-state index >= 15 is 0 Å². The quantitative estimate of drug-likeness (QED) is 0.177. The minimum absolute atomic E-state index is 0.0695. The van der Waals surface area contributed by atoms with E-state index in [1.807, 2.05) is 18.3 Å². The Morgan fingerprint density at radius 2 is 1.18 bits per heavy atom. The molecule has 0 bridgehead atoms. The summed E-state index contributed by atoms with van der Waals surface area (Å²) < 4.78 is 6.79. The van der Waals surface area contributed by atoms with E-state index in [1.54, 1.807) is 0 Å². The number of nitrogens with zero attached hydrogens (tertiary/aromatic N) is 3. The van der Waals surface area contributed by atoms with Gasteiger partial charge in [0.25, 0.3) is 6.71 Å². The molecular weight excluding hydrogens is 597 g/mol. The predicted molar refractivity (Wildman–Crippen MR) is 203 cm³/mol. The molecule has 49 heavy (non-hydrogen) atoms. The zero-order valence-electron chi connectivity index (χ0n) is 27.5. The number of ether oxygens (including phenoxy) is 1. The second-order valence-corrected chi connectivity index (χ2v) is 13.2. The molecular formula is C44H34BN3O. The van der Waals surface area contributed by atoms with Gasteiger partial charge in [0.1, 0.15) is 17.3 Å². The highest BCUT2D eigenvalue weighted by molar-refractivity contribution is 6.97. The molecule has 1 aromatic heterocycles. The highest BCUT2D eigenvalue weighted by Crippen LogP contribution is 2.52. The van der Waals surface area contributed by atoms with Crippen molar-refractivity contribution in [2.75, 3.05) is 9.80 Å². The van der Waals surface area contributed by atoms with Crippen molar-refractivity contribution in [3.8, 4) is 11.5 Å². The molecule has 0 spiro atoms. The van der Waals surface area contributed by atoms with Gasteiger partial charge in [-0.1, -0.05) is 117 Å². The minimum Gasteiger partial charge on any atom is -0.458 e. The van der Waals surface area contributed by atoms with Crippen LogP contribution in [0.3, 0.4) is 0 Å². The Balaban J connectivity index is 1.23. The fourth-order valence-corrected chi connectivity index (χ4v) is 7.76. The van der Waals surface area contributed by atoms with Gasteiger partial charge in [0.15, 0.2) is 0 Å². The number of benzene rings is 6. The van der Waals surface area contributed by atoms with Gasteiger partial charge in [-0.15, -0.1) is 0 Å². The molecule has 0 saturated carbocycles. The molecule has 0 unspecified atom stereocenters. The number of pyridine rings is 1. The van der Waals surface area contributed by atoms with Gasteiger partial charge in [-0.3, -0.25) is 4.90 Å². The monoisotopic (exact) mass is 631 g/mol. The lowest BCUT2D eigenvalue weighted by molar-refractivity contribution is 0.487. The van der Waals surface area contributed by atoms with Crippen molar-refractivity contribution in [2.45, 2.75) is 19.3 Å². The van der Waals surface area contributed by atoms with Crippen molar-refractivity contribution in [1.29, 1.82) is 0 Å². The van der Waals surface area contributed by atoms with Gasteiger partial charge in [-0.25, -0.2) is 4.98 Å².